The van der Waals surface area contributed by atoms with E-state index in [1.54, 1.807) is 35.0 Å². The van der Waals surface area contributed by atoms with E-state index in [0.29, 0.717) is 58.5 Å². The van der Waals surface area contributed by atoms with Crippen molar-refractivity contribution in [3.8, 4) is 17.2 Å². The molecule has 0 saturated heterocycles. The van der Waals surface area contributed by atoms with Gasteiger partial charge < -0.3 is 19.5 Å². The van der Waals surface area contributed by atoms with Crippen LogP contribution in [0.15, 0.2) is 59.8 Å². The topological polar surface area (TPSA) is 110 Å². The van der Waals surface area contributed by atoms with E-state index in [9.17, 15) is 9.59 Å². The lowest BCUT2D eigenvalue weighted by Gasteiger charge is -2.12. The van der Waals surface area contributed by atoms with Crippen molar-refractivity contribution in [2.75, 3.05) is 27.9 Å². The summed E-state index contributed by atoms with van der Waals surface area (Å²) < 4.78 is 19.1. The molecule has 10 nitrogen and oxygen atoms in total. The molecule has 0 bridgehead atoms. The molecule has 2 heterocycles. The van der Waals surface area contributed by atoms with E-state index in [1.165, 1.54) is 44.5 Å². The lowest BCUT2D eigenvalue weighted by Crippen LogP contribution is -2.26. The Labute approximate surface area is 218 Å². The number of halogens is 1. The first-order chi connectivity index (χ1) is 17.9. The Morgan fingerprint density at radius 3 is 2.54 bits per heavy atom. The number of benzene rings is 2. The van der Waals surface area contributed by atoms with E-state index < -0.39 is 0 Å². The largest absolute Gasteiger partial charge is 0.493 e. The molecule has 0 unspecified atom stereocenters. The smallest absolute Gasteiger partial charge is 0.264 e. The Kier molecular flexibility index (Phi) is 8.09. The summed E-state index contributed by atoms with van der Waals surface area (Å²) >= 11 is 6.04. The van der Waals surface area contributed by atoms with E-state index in [-0.39, 0.29) is 11.5 Å². The van der Waals surface area contributed by atoms with Crippen molar-refractivity contribution in [2.24, 2.45) is 0 Å². The molecule has 37 heavy (non-hydrogen) atoms. The highest BCUT2D eigenvalue weighted by Crippen LogP contribution is 2.38. The van der Waals surface area contributed by atoms with Crippen LogP contribution >= 0.6 is 11.6 Å². The lowest BCUT2D eigenvalue weighted by molar-refractivity contribution is -0.116. The summed E-state index contributed by atoms with van der Waals surface area (Å²) in [4.78, 5) is 29.7. The van der Waals surface area contributed by atoms with Gasteiger partial charge in [-0.2, -0.15) is 5.10 Å². The number of hydrogen-bond donors (Lipinski definition) is 1. The third-order valence-corrected chi connectivity index (χ3v) is 5.84. The molecule has 2 aromatic heterocycles. The standard InChI is InChI=1S/C26H26ClN5O5/c1-35-21-12-17(13-22(36-2)24(21)37-3)7-8-23(33)28-9-10-32-25-20(14-30-32)26(34)31(16-29-25)15-18-5-4-6-19(27)11-18/h4-8,11-14,16H,9-10,15H2,1-3H3,(H,28,33)/b8-7+. The molecule has 0 fully saturated rings. The number of nitrogens with one attached hydrogen (secondary N) is 1. The number of carbonyl (C=O) groups is 1. The number of nitrogens with zero attached hydrogens (tertiary/aromatic N) is 4. The number of rotatable bonds is 10. The van der Waals surface area contributed by atoms with Gasteiger partial charge in [0.05, 0.1) is 40.6 Å². The molecule has 11 heteroatoms. The van der Waals surface area contributed by atoms with Gasteiger partial charge in [0.25, 0.3) is 5.56 Å². The fraction of sp³-hybridized carbons (Fsp3) is 0.231. The Bertz CT molecular complexity index is 1490. The van der Waals surface area contributed by atoms with Crippen molar-refractivity contribution in [1.82, 2.24) is 24.6 Å². The maximum absolute atomic E-state index is 12.9. The zero-order valence-corrected chi connectivity index (χ0v) is 21.4. The van der Waals surface area contributed by atoms with Crippen LogP contribution in [0.3, 0.4) is 0 Å². The first-order valence-corrected chi connectivity index (χ1v) is 11.7. The molecule has 4 rings (SSSR count). The van der Waals surface area contributed by atoms with Gasteiger partial charge in [-0.3, -0.25) is 14.2 Å². The highest BCUT2D eigenvalue weighted by Gasteiger charge is 2.13. The second-order valence-electron chi connectivity index (χ2n) is 8.00. The molecular weight excluding hydrogens is 498 g/mol. The first kappa shape index (κ1) is 25.8. The van der Waals surface area contributed by atoms with Crippen molar-refractivity contribution < 1.29 is 19.0 Å². The van der Waals surface area contributed by atoms with Crippen molar-refractivity contribution in [3.63, 3.8) is 0 Å². The van der Waals surface area contributed by atoms with E-state index in [2.05, 4.69) is 15.4 Å². The predicted molar refractivity (Wildman–Crippen MR) is 140 cm³/mol. The summed E-state index contributed by atoms with van der Waals surface area (Å²) in [6.07, 6.45) is 6.04. The van der Waals surface area contributed by atoms with Gasteiger partial charge in [-0.15, -0.1) is 0 Å². The number of fused-ring (bicyclic) bond motifs is 1. The molecule has 0 aliphatic carbocycles. The van der Waals surface area contributed by atoms with E-state index in [1.807, 2.05) is 12.1 Å². The number of aromatic nitrogens is 4. The molecular formula is C26H26ClN5O5. The third-order valence-electron chi connectivity index (χ3n) is 5.60. The van der Waals surface area contributed by atoms with Gasteiger partial charge in [0.2, 0.25) is 11.7 Å². The zero-order valence-electron chi connectivity index (χ0n) is 20.6. The monoisotopic (exact) mass is 523 g/mol. The van der Waals surface area contributed by atoms with Gasteiger partial charge >= 0.3 is 0 Å². The first-order valence-electron chi connectivity index (χ1n) is 11.3. The number of amides is 1. The van der Waals surface area contributed by atoms with Crippen molar-refractivity contribution in [3.05, 3.63) is 81.5 Å². The molecule has 0 saturated carbocycles. The Balaban J connectivity index is 1.39. The molecule has 0 aliphatic rings. The summed E-state index contributed by atoms with van der Waals surface area (Å²) in [5.74, 6) is 1.17. The Hall–Kier alpha value is -4.31. The zero-order chi connectivity index (χ0) is 26.4. The molecule has 0 spiro atoms. The second-order valence-corrected chi connectivity index (χ2v) is 8.43. The van der Waals surface area contributed by atoms with Crippen LogP contribution in [-0.2, 0) is 17.9 Å². The molecule has 0 aliphatic heterocycles. The van der Waals surface area contributed by atoms with Crippen LogP contribution < -0.4 is 25.1 Å². The van der Waals surface area contributed by atoms with Gasteiger partial charge in [-0.25, -0.2) is 9.67 Å². The minimum Gasteiger partial charge on any atom is -0.493 e. The molecule has 4 aromatic rings. The van der Waals surface area contributed by atoms with E-state index in [4.69, 9.17) is 25.8 Å². The second kappa shape index (κ2) is 11.6. The van der Waals surface area contributed by atoms with Crippen molar-refractivity contribution >= 4 is 34.6 Å². The van der Waals surface area contributed by atoms with Gasteiger partial charge in [-0.1, -0.05) is 23.7 Å². The number of ether oxygens (including phenoxy) is 3. The van der Waals surface area contributed by atoms with E-state index in [0.717, 1.165) is 5.56 Å². The maximum atomic E-state index is 12.9. The summed E-state index contributed by atoms with van der Waals surface area (Å²) in [5, 5.41) is 8.08. The van der Waals surface area contributed by atoms with Crippen LogP contribution in [0.25, 0.3) is 17.1 Å². The summed E-state index contributed by atoms with van der Waals surface area (Å²) in [6, 6.07) is 10.8. The minimum absolute atomic E-state index is 0.200. The minimum atomic E-state index is -0.290. The maximum Gasteiger partial charge on any atom is 0.264 e. The molecule has 192 valence electrons. The van der Waals surface area contributed by atoms with Crippen LogP contribution in [0.1, 0.15) is 11.1 Å². The number of hydrogen-bond acceptors (Lipinski definition) is 7. The SMILES string of the molecule is COc1cc(/C=C/C(=O)NCCn2ncc3c(=O)n(Cc4cccc(Cl)c4)cnc32)cc(OC)c1OC. The van der Waals surface area contributed by atoms with Crippen LogP contribution in [0, 0.1) is 0 Å². The van der Waals surface area contributed by atoms with Crippen LogP contribution in [0.4, 0.5) is 0 Å². The van der Waals surface area contributed by atoms with Gasteiger partial charge in [0, 0.05) is 17.6 Å². The average Bonchev–Trinajstić information content (AvgIpc) is 3.32. The highest BCUT2D eigenvalue weighted by molar-refractivity contribution is 6.30. The van der Waals surface area contributed by atoms with Gasteiger partial charge in [-0.05, 0) is 41.5 Å². The normalized spacial score (nSPS) is 11.1. The molecule has 1 amide bonds. The van der Waals surface area contributed by atoms with Crippen LogP contribution in [0.5, 0.6) is 17.2 Å². The summed E-state index contributed by atoms with van der Waals surface area (Å²) in [5.41, 5.74) is 1.86. The molecule has 0 atom stereocenters. The Morgan fingerprint density at radius 2 is 1.86 bits per heavy atom. The fourth-order valence-corrected chi connectivity index (χ4v) is 4.03. The lowest BCUT2D eigenvalue weighted by atomic mass is 10.1. The highest BCUT2D eigenvalue weighted by atomic mass is 35.5. The summed E-state index contributed by atoms with van der Waals surface area (Å²) in [7, 11) is 4.58. The quantitative estimate of drug-likeness (QED) is 0.318. The molecule has 0 radical (unpaired) electrons. The van der Waals surface area contributed by atoms with Gasteiger partial charge in [0.1, 0.15) is 11.7 Å². The number of carbonyl (C=O) groups excluding carboxylic acids is 1. The molecule has 1 N–H and O–H groups in total. The average molecular weight is 524 g/mol. The third kappa shape index (κ3) is 5.92. The van der Waals surface area contributed by atoms with Gasteiger partial charge in [0.15, 0.2) is 17.1 Å². The van der Waals surface area contributed by atoms with Crippen molar-refractivity contribution in [2.45, 2.75) is 13.1 Å². The fourth-order valence-electron chi connectivity index (χ4n) is 3.82. The Morgan fingerprint density at radius 1 is 1.11 bits per heavy atom. The predicted octanol–water partition coefficient (Wildman–Crippen LogP) is 3.15. The van der Waals surface area contributed by atoms with Crippen LogP contribution in [-0.4, -0.2) is 53.1 Å². The van der Waals surface area contributed by atoms with Crippen molar-refractivity contribution in [1.29, 1.82) is 0 Å². The van der Waals surface area contributed by atoms with E-state index >= 15 is 0 Å². The molecule has 2 aromatic carbocycles. The number of methoxy groups -OCH3 is 3. The summed E-state index contributed by atoms with van der Waals surface area (Å²) in [6.45, 7) is 0.988. The van der Waals surface area contributed by atoms with Crippen LogP contribution in [0.2, 0.25) is 5.02 Å².